The molecule has 2 aliphatic rings. The second-order valence-corrected chi connectivity index (χ2v) is 7.69. The Kier molecular flexibility index (Phi) is 4.96. The van der Waals surface area contributed by atoms with E-state index in [4.69, 9.17) is 0 Å². The summed E-state index contributed by atoms with van der Waals surface area (Å²) in [5.74, 6) is 1.62. The highest BCUT2D eigenvalue weighted by Crippen LogP contribution is 2.27. The zero-order chi connectivity index (χ0) is 14.8. The average Bonchev–Trinajstić information content (AvgIpc) is 2.86. The topological polar surface area (TPSA) is 52.7 Å². The fourth-order valence-electron chi connectivity index (χ4n) is 2.54. The minimum Gasteiger partial charge on any atom is -0.338 e. The molecule has 2 heterocycles. The molecule has 1 N–H and O–H groups in total. The van der Waals surface area contributed by atoms with E-state index in [-0.39, 0.29) is 23.3 Å². The minimum atomic E-state index is -0.257. The summed E-state index contributed by atoms with van der Waals surface area (Å²) in [5.41, 5.74) is -0.0347. The molecule has 2 fully saturated rings. The van der Waals surface area contributed by atoms with Gasteiger partial charge in [-0.15, -0.1) is 11.8 Å². The van der Waals surface area contributed by atoms with Crippen molar-refractivity contribution in [1.82, 2.24) is 15.1 Å². The molecule has 0 aliphatic carbocycles. The number of amides is 2. The lowest BCUT2D eigenvalue weighted by atomic mass is 9.91. The first kappa shape index (κ1) is 15.6. The molecule has 0 spiro atoms. The second-order valence-electron chi connectivity index (χ2n) is 6.69. The minimum absolute atomic E-state index is 0.0347. The van der Waals surface area contributed by atoms with Crippen LogP contribution in [-0.2, 0) is 9.59 Å². The summed E-state index contributed by atoms with van der Waals surface area (Å²) in [4.78, 5) is 28.6. The molecular weight excluding hydrogens is 274 g/mol. The number of hydrogen-bond donors (Lipinski definition) is 1. The third-order valence-corrected chi connectivity index (χ3v) is 4.61. The smallest absolute Gasteiger partial charge is 0.246 e. The van der Waals surface area contributed by atoms with Gasteiger partial charge < -0.3 is 15.1 Å². The van der Waals surface area contributed by atoms with Crippen LogP contribution in [0.2, 0.25) is 0 Å². The van der Waals surface area contributed by atoms with Crippen LogP contribution in [0.25, 0.3) is 0 Å². The average molecular weight is 299 g/mol. The fraction of sp³-hybridized carbons (Fsp3) is 0.857. The van der Waals surface area contributed by atoms with Gasteiger partial charge >= 0.3 is 0 Å². The van der Waals surface area contributed by atoms with Crippen molar-refractivity contribution in [2.24, 2.45) is 5.41 Å². The molecule has 2 aliphatic heterocycles. The first-order valence-electron chi connectivity index (χ1n) is 7.25. The Bertz CT molecular complexity index is 375. The predicted octanol–water partition coefficient (Wildman–Crippen LogP) is 0.756. The standard InChI is InChI=1S/C14H25N3O2S/c1-14(2,3)8-12(18)17-10-20-9-11(17)13(19)16-6-4-15-5-7-16/h11,15H,4-10H2,1-3H3. The Balaban J connectivity index is 1.99. The molecule has 0 aromatic heterocycles. The van der Waals surface area contributed by atoms with Gasteiger partial charge in [0.15, 0.2) is 0 Å². The zero-order valence-electron chi connectivity index (χ0n) is 12.6. The van der Waals surface area contributed by atoms with Gasteiger partial charge in [0.1, 0.15) is 6.04 Å². The van der Waals surface area contributed by atoms with Crippen molar-refractivity contribution >= 4 is 23.6 Å². The van der Waals surface area contributed by atoms with Crippen LogP contribution in [0.15, 0.2) is 0 Å². The van der Waals surface area contributed by atoms with Crippen molar-refractivity contribution in [3.63, 3.8) is 0 Å². The molecule has 6 heteroatoms. The number of hydrogen-bond acceptors (Lipinski definition) is 4. The number of carbonyl (C=O) groups excluding carboxylic acids is 2. The van der Waals surface area contributed by atoms with Gasteiger partial charge in [-0.3, -0.25) is 9.59 Å². The maximum absolute atomic E-state index is 12.6. The van der Waals surface area contributed by atoms with Gasteiger partial charge in [-0.2, -0.15) is 0 Å². The Morgan fingerprint density at radius 1 is 1.25 bits per heavy atom. The van der Waals surface area contributed by atoms with E-state index in [9.17, 15) is 9.59 Å². The molecule has 20 heavy (non-hydrogen) atoms. The van der Waals surface area contributed by atoms with Crippen molar-refractivity contribution in [3.05, 3.63) is 0 Å². The van der Waals surface area contributed by atoms with E-state index >= 15 is 0 Å². The van der Waals surface area contributed by atoms with E-state index in [2.05, 4.69) is 26.1 Å². The van der Waals surface area contributed by atoms with Crippen LogP contribution in [0.1, 0.15) is 27.2 Å². The van der Waals surface area contributed by atoms with Gasteiger partial charge in [0, 0.05) is 38.4 Å². The zero-order valence-corrected chi connectivity index (χ0v) is 13.5. The summed E-state index contributed by atoms with van der Waals surface area (Å²) < 4.78 is 0. The van der Waals surface area contributed by atoms with Crippen molar-refractivity contribution in [2.75, 3.05) is 37.8 Å². The third-order valence-electron chi connectivity index (χ3n) is 3.60. The Morgan fingerprint density at radius 3 is 2.50 bits per heavy atom. The summed E-state index contributed by atoms with van der Waals surface area (Å²) in [6.07, 6.45) is 0.499. The van der Waals surface area contributed by atoms with Gasteiger partial charge in [-0.05, 0) is 5.41 Å². The van der Waals surface area contributed by atoms with Crippen LogP contribution in [0.4, 0.5) is 0 Å². The summed E-state index contributed by atoms with van der Waals surface area (Å²) >= 11 is 1.68. The van der Waals surface area contributed by atoms with Crippen LogP contribution in [0, 0.1) is 5.41 Å². The molecule has 0 radical (unpaired) electrons. The molecule has 1 atom stereocenters. The van der Waals surface area contributed by atoms with Crippen LogP contribution in [0.5, 0.6) is 0 Å². The number of piperazine rings is 1. The van der Waals surface area contributed by atoms with E-state index in [0.29, 0.717) is 12.3 Å². The van der Waals surface area contributed by atoms with Crippen LogP contribution < -0.4 is 5.32 Å². The van der Waals surface area contributed by atoms with Crippen molar-refractivity contribution in [2.45, 2.75) is 33.2 Å². The number of rotatable bonds is 2. The van der Waals surface area contributed by atoms with Crippen molar-refractivity contribution < 1.29 is 9.59 Å². The fourth-order valence-corrected chi connectivity index (χ4v) is 3.72. The van der Waals surface area contributed by atoms with Crippen molar-refractivity contribution in [1.29, 1.82) is 0 Å². The Morgan fingerprint density at radius 2 is 1.90 bits per heavy atom. The maximum Gasteiger partial charge on any atom is 0.246 e. The number of thioether (sulfide) groups is 1. The van der Waals surface area contributed by atoms with E-state index < -0.39 is 0 Å². The highest BCUT2D eigenvalue weighted by Gasteiger charge is 2.38. The molecule has 0 bridgehead atoms. The lowest BCUT2D eigenvalue weighted by molar-refractivity contribution is -0.144. The maximum atomic E-state index is 12.6. The van der Waals surface area contributed by atoms with Crippen LogP contribution in [0.3, 0.4) is 0 Å². The van der Waals surface area contributed by atoms with E-state index in [0.717, 1.165) is 31.9 Å². The van der Waals surface area contributed by atoms with Gasteiger partial charge in [0.2, 0.25) is 11.8 Å². The highest BCUT2D eigenvalue weighted by molar-refractivity contribution is 7.99. The van der Waals surface area contributed by atoms with Crippen LogP contribution in [-0.4, -0.2) is 65.5 Å². The summed E-state index contributed by atoms with van der Waals surface area (Å²) in [6, 6.07) is -0.257. The van der Waals surface area contributed by atoms with Gasteiger partial charge in [0.05, 0.1) is 5.88 Å². The SMILES string of the molecule is CC(C)(C)CC(=O)N1CSCC1C(=O)N1CCNCC1. The van der Waals surface area contributed by atoms with Gasteiger partial charge in [0.25, 0.3) is 0 Å². The summed E-state index contributed by atoms with van der Waals surface area (Å²) in [6.45, 7) is 9.37. The highest BCUT2D eigenvalue weighted by atomic mass is 32.2. The van der Waals surface area contributed by atoms with E-state index in [1.165, 1.54) is 0 Å². The number of nitrogens with zero attached hydrogens (tertiary/aromatic N) is 2. The first-order chi connectivity index (χ1) is 9.38. The van der Waals surface area contributed by atoms with Gasteiger partial charge in [-0.25, -0.2) is 0 Å². The Hall–Kier alpha value is -0.750. The second kappa shape index (κ2) is 6.35. The quantitative estimate of drug-likeness (QED) is 0.818. The summed E-state index contributed by atoms with van der Waals surface area (Å²) in [5, 5.41) is 3.25. The molecule has 0 aromatic carbocycles. The van der Waals surface area contributed by atoms with Gasteiger partial charge in [-0.1, -0.05) is 20.8 Å². The number of carbonyl (C=O) groups is 2. The van der Waals surface area contributed by atoms with E-state index in [1.54, 1.807) is 16.7 Å². The molecule has 0 aromatic rings. The molecule has 2 rings (SSSR count). The molecule has 0 saturated carbocycles. The summed E-state index contributed by atoms with van der Waals surface area (Å²) in [7, 11) is 0. The Labute approximate surface area is 125 Å². The molecule has 5 nitrogen and oxygen atoms in total. The van der Waals surface area contributed by atoms with E-state index in [1.807, 2.05) is 4.90 Å². The largest absolute Gasteiger partial charge is 0.338 e. The lowest BCUT2D eigenvalue weighted by Gasteiger charge is -2.33. The van der Waals surface area contributed by atoms with Crippen molar-refractivity contribution in [3.8, 4) is 0 Å². The first-order valence-corrected chi connectivity index (χ1v) is 8.41. The lowest BCUT2D eigenvalue weighted by Crippen LogP contribution is -2.54. The molecule has 2 saturated heterocycles. The molecule has 114 valence electrons. The molecule has 2 amide bonds. The molecule has 1 unspecified atom stereocenters. The predicted molar refractivity (Wildman–Crippen MR) is 81.5 cm³/mol. The molecular formula is C14H25N3O2S. The normalized spacial score (nSPS) is 24.1. The van der Waals surface area contributed by atoms with Crippen LogP contribution >= 0.6 is 11.8 Å². The monoisotopic (exact) mass is 299 g/mol. The third kappa shape index (κ3) is 3.88. The number of nitrogens with one attached hydrogen (secondary N) is 1.